The van der Waals surface area contributed by atoms with Crippen molar-refractivity contribution in [3.63, 3.8) is 0 Å². The molecule has 32 heavy (non-hydrogen) atoms. The Kier molecular flexibility index (Phi) is 3.88. The van der Waals surface area contributed by atoms with Crippen LogP contribution in [0, 0.1) is 0 Å². The van der Waals surface area contributed by atoms with E-state index in [1.807, 2.05) is 54.6 Å². The highest BCUT2D eigenvalue weighted by molar-refractivity contribution is 6.09. The van der Waals surface area contributed by atoms with Gasteiger partial charge >= 0.3 is 0 Å². The molecule has 6 rings (SSSR count). The van der Waals surface area contributed by atoms with Crippen LogP contribution in [0.2, 0.25) is 0 Å². The molecule has 0 bridgehead atoms. The lowest BCUT2D eigenvalue weighted by Crippen LogP contribution is -2.53. The van der Waals surface area contributed by atoms with E-state index < -0.39 is 11.1 Å². The first-order valence-electron chi connectivity index (χ1n) is 10.9. The first-order valence-corrected chi connectivity index (χ1v) is 10.9. The lowest BCUT2D eigenvalue weighted by atomic mass is 9.76. The molecule has 4 aromatic carbocycles. The maximum atomic E-state index is 13.0. The number of nitrogens with one attached hydrogen (secondary N) is 1. The Morgan fingerprint density at radius 2 is 1.62 bits per heavy atom. The largest absolute Gasteiger partial charge is 0.463 e. The third-order valence-electron chi connectivity index (χ3n) is 6.93. The van der Waals surface area contributed by atoms with E-state index in [4.69, 9.17) is 4.74 Å². The fourth-order valence-electron chi connectivity index (χ4n) is 4.97. The first-order chi connectivity index (χ1) is 15.5. The van der Waals surface area contributed by atoms with E-state index in [-0.39, 0.29) is 5.78 Å². The van der Waals surface area contributed by atoms with Crippen LogP contribution in [0.25, 0.3) is 16.8 Å². The van der Waals surface area contributed by atoms with E-state index in [9.17, 15) is 4.79 Å². The molecule has 0 fully saturated rings. The maximum Gasteiger partial charge on any atom is 0.209 e. The summed E-state index contributed by atoms with van der Waals surface area (Å²) in [6.45, 7) is 4.33. The molecule has 3 heteroatoms. The van der Waals surface area contributed by atoms with Crippen LogP contribution in [0.1, 0.15) is 40.9 Å². The number of ether oxygens (including phenoxy) is 1. The molecule has 156 valence electrons. The summed E-state index contributed by atoms with van der Waals surface area (Å²) in [6.07, 6.45) is 4.29. The fourth-order valence-corrected chi connectivity index (χ4v) is 4.97. The molecule has 3 nitrogen and oxygen atoms in total. The van der Waals surface area contributed by atoms with Gasteiger partial charge in [0.15, 0.2) is 5.78 Å². The Bertz CT molecular complexity index is 1420. The van der Waals surface area contributed by atoms with Crippen LogP contribution >= 0.6 is 0 Å². The van der Waals surface area contributed by atoms with Gasteiger partial charge in [0.05, 0.1) is 5.41 Å². The molecule has 2 aliphatic heterocycles. The lowest BCUT2D eigenvalue weighted by molar-refractivity contribution is 0.0825. The second-order valence-electron chi connectivity index (χ2n) is 9.08. The summed E-state index contributed by atoms with van der Waals surface area (Å²) < 4.78 is 6.69. The third-order valence-corrected chi connectivity index (χ3v) is 6.93. The highest BCUT2D eigenvalue weighted by Crippen LogP contribution is 2.52. The van der Waals surface area contributed by atoms with Crippen molar-refractivity contribution in [2.24, 2.45) is 0 Å². The second-order valence-corrected chi connectivity index (χ2v) is 9.08. The quantitative estimate of drug-likeness (QED) is 0.375. The van der Waals surface area contributed by atoms with Gasteiger partial charge in [-0.1, -0.05) is 60.7 Å². The fraction of sp³-hybridized carbons (Fsp3) is 0.138. The van der Waals surface area contributed by atoms with Gasteiger partial charge in [-0.25, -0.2) is 0 Å². The van der Waals surface area contributed by atoms with Crippen LogP contribution in [0.4, 0.5) is 5.69 Å². The van der Waals surface area contributed by atoms with E-state index in [2.05, 4.69) is 61.6 Å². The second kappa shape index (κ2) is 6.57. The summed E-state index contributed by atoms with van der Waals surface area (Å²) >= 11 is 0. The standard InChI is InChI=1S/C29H23NO2/c1-28(2)24-18-21(27(31)20-9-4-3-5-10-20)12-14-25(24)30-29(28)17-16-23-22-11-7-6-8-19(22)13-15-26(23)32-29/h3-18,30H,1-2H3. The van der Waals surface area contributed by atoms with Gasteiger partial charge in [-0.15, -0.1) is 0 Å². The minimum absolute atomic E-state index is 0.0297. The molecular formula is C29H23NO2. The topological polar surface area (TPSA) is 38.3 Å². The van der Waals surface area contributed by atoms with Crippen LogP contribution in [-0.2, 0) is 5.41 Å². The summed E-state index contributed by atoms with van der Waals surface area (Å²) in [5.41, 5.74) is 3.44. The zero-order chi connectivity index (χ0) is 21.9. The number of fused-ring (bicyclic) bond motifs is 4. The van der Waals surface area contributed by atoms with E-state index in [0.717, 1.165) is 22.6 Å². The van der Waals surface area contributed by atoms with Crippen molar-refractivity contribution < 1.29 is 9.53 Å². The highest BCUT2D eigenvalue weighted by Gasteiger charge is 2.54. The normalized spacial score (nSPS) is 19.8. The average Bonchev–Trinajstić information content (AvgIpc) is 3.04. The van der Waals surface area contributed by atoms with E-state index in [0.29, 0.717) is 11.1 Å². The van der Waals surface area contributed by atoms with Crippen LogP contribution in [0.3, 0.4) is 0 Å². The summed E-state index contributed by atoms with van der Waals surface area (Å²) in [5.74, 6) is 0.891. The van der Waals surface area contributed by atoms with Crippen LogP contribution < -0.4 is 10.1 Å². The van der Waals surface area contributed by atoms with E-state index >= 15 is 0 Å². The minimum Gasteiger partial charge on any atom is -0.463 e. The Balaban J connectivity index is 1.41. The molecule has 0 radical (unpaired) electrons. The summed E-state index contributed by atoms with van der Waals surface area (Å²) in [6, 6.07) is 27.8. The Hall–Kier alpha value is -3.85. The van der Waals surface area contributed by atoms with Crippen molar-refractivity contribution in [3.8, 4) is 5.75 Å². The molecule has 0 saturated heterocycles. The highest BCUT2D eigenvalue weighted by atomic mass is 16.5. The summed E-state index contributed by atoms with van der Waals surface area (Å²) in [7, 11) is 0. The predicted octanol–water partition coefficient (Wildman–Crippen LogP) is 6.58. The molecule has 0 aromatic heterocycles. The number of carbonyl (C=O) groups excluding carboxylic acids is 1. The van der Waals surface area contributed by atoms with Gasteiger partial charge in [-0.2, -0.15) is 0 Å². The SMILES string of the molecule is CC1(C)c2cc(C(=O)c3ccccc3)ccc2NC12C=Cc1c(ccc3ccccc13)O2. The van der Waals surface area contributed by atoms with Gasteiger partial charge in [0.2, 0.25) is 5.72 Å². The van der Waals surface area contributed by atoms with Gasteiger partial charge in [0.25, 0.3) is 0 Å². The van der Waals surface area contributed by atoms with Crippen molar-refractivity contribution in [2.75, 3.05) is 5.32 Å². The monoisotopic (exact) mass is 417 g/mol. The zero-order valence-corrected chi connectivity index (χ0v) is 18.1. The minimum atomic E-state index is -0.723. The number of hydrogen-bond donors (Lipinski definition) is 1. The number of hydrogen-bond acceptors (Lipinski definition) is 3. The first kappa shape index (κ1) is 18.9. The predicted molar refractivity (Wildman–Crippen MR) is 129 cm³/mol. The molecule has 1 spiro atoms. The average molecular weight is 418 g/mol. The van der Waals surface area contributed by atoms with Gasteiger partial charge in [-0.3, -0.25) is 4.79 Å². The van der Waals surface area contributed by atoms with Crippen molar-refractivity contribution in [2.45, 2.75) is 25.0 Å². The molecule has 0 saturated carbocycles. The van der Waals surface area contributed by atoms with Gasteiger partial charge in [0, 0.05) is 22.4 Å². The van der Waals surface area contributed by atoms with Crippen LogP contribution in [0.5, 0.6) is 5.75 Å². The summed E-state index contributed by atoms with van der Waals surface area (Å²) in [5, 5.41) is 5.99. The van der Waals surface area contributed by atoms with Crippen molar-refractivity contribution in [1.82, 2.24) is 0 Å². The number of anilines is 1. The molecule has 2 aliphatic rings. The smallest absolute Gasteiger partial charge is 0.209 e. The van der Waals surface area contributed by atoms with Crippen molar-refractivity contribution in [1.29, 1.82) is 0 Å². The van der Waals surface area contributed by atoms with E-state index in [1.165, 1.54) is 10.8 Å². The Morgan fingerprint density at radius 1 is 0.844 bits per heavy atom. The summed E-state index contributed by atoms with van der Waals surface area (Å²) in [4.78, 5) is 13.0. The van der Waals surface area contributed by atoms with Gasteiger partial charge in [0.1, 0.15) is 5.75 Å². The van der Waals surface area contributed by atoms with Crippen molar-refractivity contribution in [3.05, 3.63) is 113 Å². The van der Waals surface area contributed by atoms with Crippen LogP contribution in [0.15, 0.2) is 91.0 Å². The molecule has 4 aromatic rings. The lowest BCUT2D eigenvalue weighted by Gasteiger charge is -2.41. The molecule has 0 aliphatic carbocycles. The number of carbonyl (C=O) groups is 1. The number of rotatable bonds is 2. The van der Waals surface area contributed by atoms with Gasteiger partial charge in [-0.05, 0) is 66.6 Å². The third kappa shape index (κ3) is 2.57. The molecule has 1 unspecified atom stereocenters. The molecule has 1 atom stereocenters. The van der Waals surface area contributed by atoms with Crippen molar-refractivity contribution >= 4 is 28.3 Å². The zero-order valence-electron chi connectivity index (χ0n) is 18.1. The van der Waals surface area contributed by atoms with Gasteiger partial charge < -0.3 is 10.1 Å². The number of ketones is 1. The van der Waals surface area contributed by atoms with Crippen LogP contribution in [-0.4, -0.2) is 11.5 Å². The Morgan fingerprint density at radius 3 is 2.47 bits per heavy atom. The molecule has 1 N–H and O–H groups in total. The molecule has 0 amide bonds. The van der Waals surface area contributed by atoms with E-state index in [1.54, 1.807) is 0 Å². The molecule has 2 heterocycles. The number of benzene rings is 4. The maximum absolute atomic E-state index is 13.0. The Labute approximate surface area is 187 Å². The molecular weight excluding hydrogens is 394 g/mol.